The van der Waals surface area contributed by atoms with Gasteiger partial charge in [-0.2, -0.15) is 11.3 Å². The molecule has 1 saturated carbocycles. The molecule has 2 aromatic heterocycles. The van der Waals surface area contributed by atoms with Crippen LogP contribution in [-0.4, -0.2) is 34.9 Å². The Labute approximate surface area is 146 Å². The van der Waals surface area contributed by atoms with Crippen LogP contribution in [0.3, 0.4) is 0 Å². The molecule has 6 heteroatoms. The summed E-state index contributed by atoms with van der Waals surface area (Å²) in [5.74, 6) is 0.160. The molecule has 23 heavy (non-hydrogen) atoms. The zero-order chi connectivity index (χ0) is 15.0. The van der Waals surface area contributed by atoms with Crippen LogP contribution in [0.4, 0.5) is 0 Å². The van der Waals surface area contributed by atoms with Crippen LogP contribution in [0.5, 0.6) is 0 Å². The largest absolute Gasteiger partial charge is 0.367 e. The number of H-pyrrole nitrogens is 1. The first-order chi connectivity index (χ1) is 10.8. The Morgan fingerprint density at radius 1 is 1.35 bits per heavy atom. The van der Waals surface area contributed by atoms with Crippen molar-refractivity contribution >= 4 is 29.7 Å². The molecule has 124 valence electrons. The summed E-state index contributed by atoms with van der Waals surface area (Å²) < 4.78 is 0. The van der Waals surface area contributed by atoms with Crippen molar-refractivity contribution in [1.29, 1.82) is 0 Å². The third-order valence-corrected chi connectivity index (χ3v) is 5.89. The fourth-order valence-corrected chi connectivity index (χ4v) is 4.41. The average molecular weight is 352 g/mol. The maximum absolute atomic E-state index is 12.9. The van der Waals surface area contributed by atoms with E-state index in [1.54, 1.807) is 17.5 Å². The summed E-state index contributed by atoms with van der Waals surface area (Å²) in [6, 6.07) is 4.40. The number of carbonyl (C=O) groups excluding carboxylic acids is 1. The summed E-state index contributed by atoms with van der Waals surface area (Å²) in [6.45, 7) is 2.90. The van der Waals surface area contributed by atoms with E-state index in [0.717, 1.165) is 31.6 Å². The first-order valence-electron chi connectivity index (χ1n) is 7.94. The highest BCUT2D eigenvalue weighted by molar-refractivity contribution is 7.07. The van der Waals surface area contributed by atoms with Gasteiger partial charge in [0, 0.05) is 25.0 Å². The number of rotatable bonds is 4. The Balaban J connectivity index is 0.00000156. The number of aromatic nitrogens is 1. The van der Waals surface area contributed by atoms with Gasteiger partial charge in [0.15, 0.2) is 0 Å². The molecule has 4 nitrogen and oxygen atoms in total. The molecule has 3 heterocycles. The van der Waals surface area contributed by atoms with Gasteiger partial charge in [-0.1, -0.05) is 0 Å². The molecule has 0 radical (unpaired) electrons. The average Bonchev–Trinajstić information content (AvgIpc) is 3.02. The van der Waals surface area contributed by atoms with E-state index in [1.165, 1.54) is 18.4 Å². The van der Waals surface area contributed by atoms with Crippen LogP contribution < -0.4 is 5.32 Å². The van der Waals surface area contributed by atoms with Gasteiger partial charge in [0.25, 0.3) is 5.91 Å². The summed E-state index contributed by atoms with van der Waals surface area (Å²) in [5, 5.41) is 7.67. The zero-order valence-corrected chi connectivity index (χ0v) is 14.6. The van der Waals surface area contributed by atoms with Crippen molar-refractivity contribution in [3.63, 3.8) is 0 Å². The van der Waals surface area contributed by atoms with Gasteiger partial charge in [-0.05, 0) is 66.2 Å². The molecule has 2 aromatic rings. The van der Waals surface area contributed by atoms with Gasteiger partial charge < -0.3 is 15.2 Å². The second kappa shape index (κ2) is 6.67. The van der Waals surface area contributed by atoms with Crippen LogP contribution in [0.15, 0.2) is 35.3 Å². The molecule has 2 aliphatic rings. The van der Waals surface area contributed by atoms with Gasteiger partial charge in [-0.25, -0.2) is 0 Å². The summed E-state index contributed by atoms with van der Waals surface area (Å²) in [5.41, 5.74) is 2.38. The molecule has 1 spiro atoms. The Bertz CT molecular complexity index is 635. The van der Waals surface area contributed by atoms with Gasteiger partial charge in [0.2, 0.25) is 0 Å². The number of halogens is 1. The molecule has 2 N–H and O–H groups in total. The zero-order valence-electron chi connectivity index (χ0n) is 13.0. The normalized spacial score (nSPS) is 21.7. The molecule has 1 amide bonds. The van der Waals surface area contributed by atoms with E-state index < -0.39 is 0 Å². The van der Waals surface area contributed by atoms with Crippen LogP contribution in [0.2, 0.25) is 0 Å². The van der Waals surface area contributed by atoms with Crippen molar-refractivity contribution in [3.8, 4) is 0 Å². The Morgan fingerprint density at radius 2 is 2.17 bits per heavy atom. The number of hydrogen-bond donors (Lipinski definition) is 2. The van der Waals surface area contributed by atoms with Crippen LogP contribution >= 0.6 is 23.7 Å². The third kappa shape index (κ3) is 3.18. The molecular weight excluding hydrogens is 330 g/mol. The SMILES string of the molecule is Cl.O=C(c1cc[nH]c1)N(Cc1ccsc1)C1CC12CCNCC2. The van der Waals surface area contributed by atoms with E-state index in [-0.39, 0.29) is 18.3 Å². The fourth-order valence-electron chi connectivity index (χ4n) is 3.75. The first-order valence-corrected chi connectivity index (χ1v) is 8.88. The van der Waals surface area contributed by atoms with Gasteiger partial charge >= 0.3 is 0 Å². The molecule has 0 bridgehead atoms. The Morgan fingerprint density at radius 3 is 2.83 bits per heavy atom. The number of piperidine rings is 1. The number of amides is 1. The molecule has 1 aliphatic heterocycles. The van der Waals surface area contributed by atoms with E-state index >= 15 is 0 Å². The van der Waals surface area contributed by atoms with Gasteiger partial charge in [-0.3, -0.25) is 4.79 Å². The molecule has 4 rings (SSSR count). The van der Waals surface area contributed by atoms with E-state index in [9.17, 15) is 4.79 Å². The van der Waals surface area contributed by atoms with E-state index in [0.29, 0.717) is 11.5 Å². The molecule has 0 aromatic carbocycles. The topological polar surface area (TPSA) is 48.1 Å². The van der Waals surface area contributed by atoms with E-state index in [2.05, 4.69) is 32.0 Å². The lowest BCUT2D eigenvalue weighted by Gasteiger charge is -2.29. The van der Waals surface area contributed by atoms with Crippen LogP contribution in [0.25, 0.3) is 0 Å². The standard InChI is InChI=1S/C17H21N3OS.ClH/c21-16(14-1-5-19-10-14)20(11-13-2-8-22-12-13)15-9-17(15)3-6-18-7-4-17;/h1-2,5,8,10,12,15,18-19H,3-4,6-7,9,11H2;1H. The monoisotopic (exact) mass is 351 g/mol. The highest BCUT2D eigenvalue weighted by Gasteiger charge is 2.57. The highest BCUT2D eigenvalue weighted by atomic mass is 35.5. The number of nitrogens with zero attached hydrogens (tertiary/aromatic N) is 1. The lowest BCUT2D eigenvalue weighted by atomic mass is 9.93. The third-order valence-electron chi connectivity index (χ3n) is 5.16. The van der Waals surface area contributed by atoms with Crippen molar-refractivity contribution in [2.75, 3.05) is 13.1 Å². The minimum Gasteiger partial charge on any atom is -0.367 e. The second-order valence-corrected chi connectivity index (χ2v) is 7.28. The molecule has 1 atom stereocenters. The smallest absolute Gasteiger partial charge is 0.255 e. The number of carbonyl (C=O) groups is 1. The minimum atomic E-state index is 0. The number of hydrogen-bond acceptors (Lipinski definition) is 3. The predicted octanol–water partition coefficient (Wildman–Crippen LogP) is 3.28. The lowest BCUT2D eigenvalue weighted by Crippen LogP contribution is -2.39. The van der Waals surface area contributed by atoms with E-state index in [1.807, 2.05) is 12.3 Å². The summed E-state index contributed by atoms with van der Waals surface area (Å²) >= 11 is 1.70. The number of nitrogens with one attached hydrogen (secondary N) is 2. The van der Waals surface area contributed by atoms with Crippen molar-refractivity contribution in [1.82, 2.24) is 15.2 Å². The Hall–Kier alpha value is -1.30. The molecule has 2 fully saturated rings. The Kier molecular flexibility index (Phi) is 4.80. The maximum Gasteiger partial charge on any atom is 0.255 e. The highest BCUT2D eigenvalue weighted by Crippen LogP contribution is 2.56. The van der Waals surface area contributed by atoms with Gasteiger partial charge in [-0.15, -0.1) is 12.4 Å². The van der Waals surface area contributed by atoms with E-state index in [4.69, 9.17) is 0 Å². The molecule has 1 unspecified atom stereocenters. The number of thiophene rings is 1. The quantitative estimate of drug-likeness (QED) is 0.888. The lowest BCUT2D eigenvalue weighted by molar-refractivity contribution is 0.0692. The molecule has 1 saturated heterocycles. The maximum atomic E-state index is 12.9. The number of aromatic amines is 1. The van der Waals surface area contributed by atoms with Gasteiger partial charge in [0.1, 0.15) is 0 Å². The van der Waals surface area contributed by atoms with Crippen LogP contribution in [0.1, 0.15) is 35.2 Å². The molecular formula is C17H22ClN3OS. The summed E-state index contributed by atoms with van der Waals surface area (Å²) in [4.78, 5) is 18.0. The van der Waals surface area contributed by atoms with Crippen molar-refractivity contribution in [2.45, 2.75) is 31.8 Å². The predicted molar refractivity (Wildman–Crippen MR) is 95.2 cm³/mol. The summed E-state index contributed by atoms with van der Waals surface area (Å²) in [6.07, 6.45) is 7.18. The van der Waals surface area contributed by atoms with Crippen LogP contribution in [-0.2, 0) is 6.54 Å². The summed E-state index contributed by atoms with van der Waals surface area (Å²) in [7, 11) is 0. The fraction of sp³-hybridized carbons (Fsp3) is 0.471. The first kappa shape index (κ1) is 16.6. The van der Waals surface area contributed by atoms with Crippen molar-refractivity contribution in [2.24, 2.45) is 5.41 Å². The van der Waals surface area contributed by atoms with Crippen molar-refractivity contribution < 1.29 is 4.79 Å². The van der Waals surface area contributed by atoms with Crippen molar-refractivity contribution in [3.05, 3.63) is 46.4 Å². The van der Waals surface area contributed by atoms with Crippen LogP contribution in [0, 0.1) is 5.41 Å². The second-order valence-electron chi connectivity index (χ2n) is 6.50. The molecule has 1 aliphatic carbocycles. The van der Waals surface area contributed by atoms with Gasteiger partial charge in [0.05, 0.1) is 5.56 Å². The minimum absolute atomic E-state index is 0.